The Labute approximate surface area is 98.8 Å². The van der Waals surface area contributed by atoms with Gasteiger partial charge in [0.2, 0.25) is 0 Å². The fourth-order valence-electron chi connectivity index (χ4n) is 1.52. The number of rotatable bonds is 5. The van der Waals surface area contributed by atoms with Gasteiger partial charge in [0.25, 0.3) is 0 Å². The van der Waals surface area contributed by atoms with Gasteiger partial charge in [-0.1, -0.05) is 6.92 Å². The monoisotopic (exact) mass is 247 g/mol. The lowest BCUT2D eigenvalue weighted by molar-refractivity contribution is -0.138. The van der Waals surface area contributed by atoms with Crippen molar-refractivity contribution >= 4 is 0 Å². The lowest BCUT2D eigenvalue weighted by Gasteiger charge is -2.14. The van der Waals surface area contributed by atoms with Crippen LogP contribution in [0.1, 0.15) is 24.5 Å². The Balaban J connectivity index is 2.95. The molecule has 0 saturated carbocycles. The summed E-state index contributed by atoms with van der Waals surface area (Å²) in [6, 6.07) is 3.80. The maximum Gasteiger partial charge on any atom is 0.416 e. The SMILES string of the molecule is CCCNCc1cc(OC)ccc1C(F)(F)F. The van der Waals surface area contributed by atoms with Gasteiger partial charge in [-0.2, -0.15) is 13.2 Å². The van der Waals surface area contributed by atoms with Crippen LogP contribution in [-0.4, -0.2) is 13.7 Å². The third-order valence-corrected chi connectivity index (χ3v) is 2.36. The van der Waals surface area contributed by atoms with E-state index in [9.17, 15) is 13.2 Å². The maximum absolute atomic E-state index is 12.7. The van der Waals surface area contributed by atoms with Gasteiger partial charge in [0.15, 0.2) is 0 Å². The predicted molar refractivity (Wildman–Crippen MR) is 60.0 cm³/mol. The zero-order valence-corrected chi connectivity index (χ0v) is 9.90. The van der Waals surface area contributed by atoms with E-state index in [1.807, 2.05) is 6.92 Å². The van der Waals surface area contributed by atoms with Gasteiger partial charge < -0.3 is 10.1 Å². The molecule has 17 heavy (non-hydrogen) atoms. The number of benzene rings is 1. The molecule has 0 aliphatic heterocycles. The normalized spacial score (nSPS) is 11.6. The minimum absolute atomic E-state index is 0.194. The van der Waals surface area contributed by atoms with E-state index in [4.69, 9.17) is 4.74 Å². The van der Waals surface area contributed by atoms with E-state index < -0.39 is 11.7 Å². The van der Waals surface area contributed by atoms with Gasteiger partial charge in [0, 0.05) is 6.54 Å². The van der Waals surface area contributed by atoms with Crippen molar-refractivity contribution in [2.45, 2.75) is 26.1 Å². The molecule has 0 aliphatic rings. The van der Waals surface area contributed by atoms with Crippen LogP contribution in [0.5, 0.6) is 5.75 Å². The molecule has 5 heteroatoms. The summed E-state index contributed by atoms with van der Waals surface area (Å²) in [5.41, 5.74) is -0.396. The van der Waals surface area contributed by atoms with Crippen LogP contribution in [0.4, 0.5) is 13.2 Å². The van der Waals surface area contributed by atoms with Crippen LogP contribution in [0.2, 0.25) is 0 Å². The van der Waals surface area contributed by atoms with Gasteiger partial charge in [-0.05, 0) is 36.7 Å². The van der Waals surface area contributed by atoms with E-state index in [1.165, 1.54) is 19.2 Å². The van der Waals surface area contributed by atoms with E-state index in [0.717, 1.165) is 12.5 Å². The van der Waals surface area contributed by atoms with E-state index in [0.29, 0.717) is 12.3 Å². The summed E-state index contributed by atoms with van der Waals surface area (Å²) < 4.78 is 43.1. The van der Waals surface area contributed by atoms with Gasteiger partial charge >= 0.3 is 6.18 Å². The van der Waals surface area contributed by atoms with Crippen molar-refractivity contribution in [2.24, 2.45) is 0 Å². The molecule has 1 aromatic carbocycles. The Morgan fingerprint density at radius 3 is 2.53 bits per heavy atom. The summed E-state index contributed by atoms with van der Waals surface area (Å²) in [5, 5.41) is 2.96. The molecule has 0 bridgehead atoms. The Morgan fingerprint density at radius 2 is 2.00 bits per heavy atom. The van der Waals surface area contributed by atoms with Crippen molar-refractivity contribution in [3.8, 4) is 5.75 Å². The molecular weight excluding hydrogens is 231 g/mol. The highest BCUT2D eigenvalue weighted by Crippen LogP contribution is 2.33. The number of ether oxygens (including phenoxy) is 1. The summed E-state index contributed by atoms with van der Waals surface area (Å²) >= 11 is 0. The van der Waals surface area contributed by atoms with Gasteiger partial charge in [0.1, 0.15) is 5.75 Å². The van der Waals surface area contributed by atoms with Gasteiger partial charge in [0.05, 0.1) is 12.7 Å². The zero-order chi connectivity index (χ0) is 12.9. The maximum atomic E-state index is 12.7. The lowest BCUT2D eigenvalue weighted by Crippen LogP contribution is -2.18. The van der Waals surface area contributed by atoms with Crippen molar-refractivity contribution < 1.29 is 17.9 Å². The third-order valence-electron chi connectivity index (χ3n) is 2.36. The average Bonchev–Trinajstić information content (AvgIpc) is 2.28. The van der Waals surface area contributed by atoms with Crippen molar-refractivity contribution in [1.82, 2.24) is 5.32 Å². The molecule has 0 amide bonds. The first-order valence-electron chi connectivity index (χ1n) is 5.44. The van der Waals surface area contributed by atoms with E-state index >= 15 is 0 Å². The largest absolute Gasteiger partial charge is 0.497 e. The minimum Gasteiger partial charge on any atom is -0.497 e. The molecule has 0 radical (unpaired) electrons. The first kappa shape index (κ1) is 13.8. The van der Waals surface area contributed by atoms with Crippen molar-refractivity contribution in [3.05, 3.63) is 29.3 Å². The average molecular weight is 247 g/mol. The van der Waals surface area contributed by atoms with Crippen LogP contribution in [0.15, 0.2) is 18.2 Å². The van der Waals surface area contributed by atoms with Gasteiger partial charge in [-0.15, -0.1) is 0 Å². The van der Waals surface area contributed by atoms with Gasteiger partial charge in [-0.3, -0.25) is 0 Å². The smallest absolute Gasteiger partial charge is 0.416 e. The Bertz CT molecular complexity index is 363. The van der Waals surface area contributed by atoms with E-state index in [-0.39, 0.29) is 12.1 Å². The van der Waals surface area contributed by atoms with E-state index in [1.54, 1.807) is 0 Å². The molecule has 96 valence electrons. The topological polar surface area (TPSA) is 21.3 Å². The standard InChI is InChI=1S/C12H16F3NO/c1-3-6-16-8-9-7-10(17-2)4-5-11(9)12(13,14)15/h4-5,7,16H,3,6,8H2,1-2H3. The van der Waals surface area contributed by atoms with E-state index in [2.05, 4.69) is 5.32 Å². The molecule has 0 fully saturated rings. The third kappa shape index (κ3) is 3.93. The van der Waals surface area contributed by atoms with Crippen LogP contribution in [-0.2, 0) is 12.7 Å². The number of alkyl halides is 3. The second-order valence-electron chi connectivity index (χ2n) is 3.70. The van der Waals surface area contributed by atoms with Crippen LogP contribution < -0.4 is 10.1 Å². The quantitative estimate of drug-likeness (QED) is 0.807. The molecule has 0 aliphatic carbocycles. The summed E-state index contributed by atoms with van der Waals surface area (Å²) in [6.07, 6.45) is -3.44. The highest BCUT2D eigenvalue weighted by atomic mass is 19.4. The molecule has 0 spiro atoms. The second-order valence-corrected chi connectivity index (χ2v) is 3.70. The highest BCUT2D eigenvalue weighted by molar-refractivity contribution is 5.37. The van der Waals surface area contributed by atoms with Crippen LogP contribution >= 0.6 is 0 Å². The van der Waals surface area contributed by atoms with Crippen molar-refractivity contribution in [3.63, 3.8) is 0 Å². The molecule has 0 atom stereocenters. The number of methoxy groups -OCH3 is 1. The van der Waals surface area contributed by atoms with Gasteiger partial charge in [-0.25, -0.2) is 0 Å². The lowest BCUT2D eigenvalue weighted by atomic mass is 10.1. The molecule has 1 N–H and O–H groups in total. The molecule has 0 heterocycles. The molecule has 0 saturated heterocycles. The summed E-state index contributed by atoms with van der Waals surface area (Å²) in [6.45, 7) is 2.84. The Hall–Kier alpha value is -1.23. The first-order valence-corrected chi connectivity index (χ1v) is 5.44. The summed E-state index contributed by atoms with van der Waals surface area (Å²) in [4.78, 5) is 0. The molecular formula is C12H16F3NO. The fourth-order valence-corrected chi connectivity index (χ4v) is 1.52. The fraction of sp³-hybridized carbons (Fsp3) is 0.500. The number of hydrogen-bond donors (Lipinski definition) is 1. The number of halogens is 3. The zero-order valence-electron chi connectivity index (χ0n) is 9.90. The molecule has 1 aromatic rings. The van der Waals surface area contributed by atoms with Crippen molar-refractivity contribution in [1.29, 1.82) is 0 Å². The highest BCUT2D eigenvalue weighted by Gasteiger charge is 2.33. The molecule has 1 rings (SSSR count). The summed E-state index contributed by atoms with van der Waals surface area (Å²) in [7, 11) is 1.44. The van der Waals surface area contributed by atoms with Crippen molar-refractivity contribution in [2.75, 3.05) is 13.7 Å². The van der Waals surface area contributed by atoms with Crippen LogP contribution in [0.3, 0.4) is 0 Å². The Morgan fingerprint density at radius 1 is 1.29 bits per heavy atom. The van der Waals surface area contributed by atoms with Crippen LogP contribution in [0.25, 0.3) is 0 Å². The first-order chi connectivity index (χ1) is 7.99. The molecule has 2 nitrogen and oxygen atoms in total. The van der Waals surface area contributed by atoms with Crippen LogP contribution in [0, 0.1) is 0 Å². The Kier molecular flexibility index (Phi) is 4.81. The predicted octanol–water partition coefficient (Wildman–Crippen LogP) is 3.21. The number of nitrogens with one attached hydrogen (secondary N) is 1. The summed E-state index contributed by atoms with van der Waals surface area (Å²) in [5.74, 6) is 0.436. The second kappa shape index (κ2) is 5.91. The molecule has 0 aromatic heterocycles. The minimum atomic E-state index is -4.32. The number of hydrogen-bond acceptors (Lipinski definition) is 2. The molecule has 0 unspecified atom stereocenters.